The molecule has 1 aromatic carbocycles. The maximum Gasteiger partial charge on any atom is 0.305 e. The Morgan fingerprint density at radius 1 is 1.38 bits per heavy atom. The number of benzene rings is 1. The van der Waals surface area contributed by atoms with Crippen LogP contribution in [0.5, 0.6) is 5.75 Å². The van der Waals surface area contributed by atoms with E-state index >= 15 is 0 Å². The lowest BCUT2D eigenvalue weighted by Crippen LogP contribution is -2.45. The molecule has 0 saturated heterocycles. The summed E-state index contributed by atoms with van der Waals surface area (Å²) in [6, 6.07) is 4.59. The van der Waals surface area contributed by atoms with Gasteiger partial charge < -0.3 is 15.2 Å². The minimum Gasteiger partial charge on any atom is -0.496 e. The van der Waals surface area contributed by atoms with Gasteiger partial charge in [-0.3, -0.25) is 9.59 Å². The first kappa shape index (κ1) is 17.5. The van der Waals surface area contributed by atoms with Gasteiger partial charge in [0, 0.05) is 10.5 Å². The second kappa shape index (κ2) is 6.93. The van der Waals surface area contributed by atoms with E-state index in [1.807, 2.05) is 20.8 Å². The van der Waals surface area contributed by atoms with Crippen LogP contribution in [-0.2, 0) is 4.79 Å². The average Bonchev–Trinajstić information content (AvgIpc) is 2.35. The van der Waals surface area contributed by atoms with Crippen molar-refractivity contribution >= 4 is 27.8 Å². The Morgan fingerprint density at radius 3 is 2.48 bits per heavy atom. The molecule has 1 amide bonds. The third-order valence-electron chi connectivity index (χ3n) is 3.14. The Labute approximate surface area is 132 Å². The minimum atomic E-state index is -0.946. The first-order valence-electron chi connectivity index (χ1n) is 6.51. The largest absolute Gasteiger partial charge is 0.496 e. The fraction of sp³-hybridized carbons (Fsp3) is 0.467. The second-order valence-electron chi connectivity index (χ2n) is 5.83. The molecule has 0 heterocycles. The number of halogens is 1. The zero-order valence-electron chi connectivity index (χ0n) is 12.6. The van der Waals surface area contributed by atoms with Crippen LogP contribution in [0.25, 0.3) is 0 Å². The number of carbonyl (C=O) groups excluding carboxylic acids is 1. The van der Waals surface area contributed by atoms with Crippen molar-refractivity contribution in [3.8, 4) is 5.75 Å². The summed E-state index contributed by atoms with van der Waals surface area (Å²) in [5.41, 5.74) is 0.0109. The van der Waals surface area contributed by atoms with Crippen LogP contribution < -0.4 is 10.1 Å². The van der Waals surface area contributed by atoms with Crippen LogP contribution in [0.3, 0.4) is 0 Å². The Morgan fingerprint density at radius 2 is 2.00 bits per heavy atom. The van der Waals surface area contributed by atoms with Crippen molar-refractivity contribution in [3.63, 3.8) is 0 Å². The molecule has 1 rings (SSSR count). The summed E-state index contributed by atoms with van der Waals surface area (Å²) in [6.45, 7) is 5.67. The number of amides is 1. The summed E-state index contributed by atoms with van der Waals surface area (Å²) in [4.78, 5) is 23.3. The first-order chi connectivity index (χ1) is 9.65. The van der Waals surface area contributed by atoms with Crippen molar-refractivity contribution in [3.05, 3.63) is 28.2 Å². The third-order valence-corrected chi connectivity index (χ3v) is 3.63. The summed E-state index contributed by atoms with van der Waals surface area (Å²) in [6.07, 6.45) is -0.131. The van der Waals surface area contributed by atoms with Crippen molar-refractivity contribution in [2.45, 2.75) is 33.2 Å². The van der Waals surface area contributed by atoms with E-state index in [-0.39, 0.29) is 17.7 Å². The number of methoxy groups -OCH3 is 1. The molecule has 1 atom stereocenters. The predicted octanol–water partition coefficient (Wildman–Crippen LogP) is 3.08. The van der Waals surface area contributed by atoms with Gasteiger partial charge in [-0.05, 0) is 23.6 Å². The highest BCUT2D eigenvalue weighted by molar-refractivity contribution is 9.10. The van der Waals surface area contributed by atoms with Gasteiger partial charge in [-0.1, -0.05) is 36.7 Å². The molecule has 5 nitrogen and oxygen atoms in total. The molecule has 21 heavy (non-hydrogen) atoms. The van der Waals surface area contributed by atoms with Crippen molar-refractivity contribution in [1.29, 1.82) is 0 Å². The van der Waals surface area contributed by atoms with Gasteiger partial charge in [0.2, 0.25) is 0 Å². The van der Waals surface area contributed by atoms with Crippen molar-refractivity contribution in [2.75, 3.05) is 7.11 Å². The van der Waals surface area contributed by atoms with Gasteiger partial charge in [0.05, 0.1) is 19.1 Å². The van der Waals surface area contributed by atoms with Gasteiger partial charge in [-0.25, -0.2) is 0 Å². The molecule has 1 aromatic rings. The summed E-state index contributed by atoms with van der Waals surface area (Å²) >= 11 is 3.31. The smallest absolute Gasteiger partial charge is 0.305 e. The molecular weight excluding hydrogens is 338 g/mol. The molecule has 0 bridgehead atoms. The molecule has 0 radical (unpaired) electrons. The number of carboxylic acid groups (broad SMARTS) is 1. The van der Waals surface area contributed by atoms with E-state index in [9.17, 15) is 9.59 Å². The molecule has 116 valence electrons. The van der Waals surface area contributed by atoms with Crippen LogP contribution in [0.1, 0.15) is 37.6 Å². The number of nitrogens with one attached hydrogen (secondary N) is 1. The number of rotatable bonds is 5. The first-order valence-corrected chi connectivity index (χ1v) is 7.30. The number of hydrogen-bond acceptors (Lipinski definition) is 3. The van der Waals surface area contributed by atoms with Gasteiger partial charge in [0.25, 0.3) is 5.91 Å². The highest BCUT2D eigenvalue weighted by atomic mass is 79.9. The quantitative estimate of drug-likeness (QED) is 0.848. The zero-order valence-corrected chi connectivity index (χ0v) is 14.2. The van der Waals surface area contributed by atoms with Gasteiger partial charge in [-0.15, -0.1) is 0 Å². The summed E-state index contributed by atoms with van der Waals surface area (Å²) in [5.74, 6) is -0.858. The molecule has 0 aromatic heterocycles. The van der Waals surface area contributed by atoms with Gasteiger partial charge >= 0.3 is 5.97 Å². The molecule has 0 aliphatic rings. The monoisotopic (exact) mass is 357 g/mol. The normalized spacial score (nSPS) is 12.6. The van der Waals surface area contributed by atoms with E-state index in [1.54, 1.807) is 18.2 Å². The highest BCUT2D eigenvalue weighted by Gasteiger charge is 2.29. The minimum absolute atomic E-state index is 0.131. The Balaban J connectivity index is 2.99. The van der Waals surface area contributed by atoms with Gasteiger partial charge in [0.15, 0.2) is 0 Å². The van der Waals surface area contributed by atoms with Crippen LogP contribution in [0.4, 0.5) is 0 Å². The maximum atomic E-state index is 12.4. The standard InChI is InChI=1S/C15H20BrNO4/c1-15(2,3)12(8-13(18)19)17-14(20)10-6-5-9(16)7-11(10)21-4/h5-7,12H,8H2,1-4H3,(H,17,20)(H,18,19). The van der Waals surface area contributed by atoms with Crippen LogP contribution in [-0.4, -0.2) is 30.1 Å². The number of aliphatic carboxylic acids is 1. The van der Waals surface area contributed by atoms with Crippen LogP contribution in [0, 0.1) is 5.41 Å². The van der Waals surface area contributed by atoms with Crippen LogP contribution >= 0.6 is 15.9 Å². The molecule has 0 spiro atoms. The fourth-order valence-electron chi connectivity index (χ4n) is 1.84. The van der Waals surface area contributed by atoms with E-state index in [0.717, 1.165) is 4.47 Å². The molecule has 0 fully saturated rings. The van der Waals surface area contributed by atoms with Crippen molar-refractivity contribution in [1.82, 2.24) is 5.32 Å². The number of carboxylic acids is 1. The number of hydrogen-bond donors (Lipinski definition) is 2. The van der Waals surface area contributed by atoms with Crippen LogP contribution in [0.2, 0.25) is 0 Å². The molecular formula is C15H20BrNO4. The van der Waals surface area contributed by atoms with E-state index in [0.29, 0.717) is 11.3 Å². The highest BCUT2D eigenvalue weighted by Crippen LogP contribution is 2.26. The summed E-state index contributed by atoms with van der Waals surface area (Å²) < 4.78 is 5.99. The van der Waals surface area contributed by atoms with Crippen molar-refractivity contribution in [2.24, 2.45) is 5.41 Å². The molecule has 0 aliphatic heterocycles. The van der Waals surface area contributed by atoms with E-state index < -0.39 is 12.0 Å². The van der Waals surface area contributed by atoms with E-state index in [4.69, 9.17) is 9.84 Å². The zero-order chi connectivity index (χ0) is 16.2. The van der Waals surface area contributed by atoms with Gasteiger partial charge in [-0.2, -0.15) is 0 Å². The lowest BCUT2D eigenvalue weighted by atomic mass is 9.84. The molecule has 1 unspecified atom stereocenters. The van der Waals surface area contributed by atoms with E-state index in [2.05, 4.69) is 21.2 Å². The number of ether oxygens (including phenoxy) is 1. The average molecular weight is 358 g/mol. The molecule has 0 aliphatic carbocycles. The van der Waals surface area contributed by atoms with E-state index in [1.165, 1.54) is 7.11 Å². The Bertz CT molecular complexity index is 537. The Hall–Kier alpha value is -1.56. The third kappa shape index (κ3) is 5.04. The van der Waals surface area contributed by atoms with Gasteiger partial charge in [0.1, 0.15) is 5.75 Å². The van der Waals surface area contributed by atoms with Crippen LogP contribution in [0.15, 0.2) is 22.7 Å². The summed E-state index contributed by atoms with van der Waals surface area (Å²) in [7, 11) is 1.48. The lowest BCUT2D eigenvalue weighted by molar-refractivity contribution is -0.138. The second-order valence-corrected chi connectivity index (χ2v) is 6.75. The molecule has 2 N–H and O–H groups in total. The Kier molecular flexibility index (Phi) is 5.78. The topological polar surface area (TPSA) is 75.6 Å². The van der Waals surface area contributed by atoms with Crippen molar-refractivity contribution < 1.29 is 19.4 Å². The summed E-state index contributed by atoms with van der Waals surface area (Å²) in [5, 5.41) is 11.8. The predicted molar refractivity (Wildman–Crippen MR) is 83.7 cm³/mol. The SMILES string of the molecule is COc1cc(Br)ccc1C(=O)NC(CC(=O)O)C(C)(C)C. The number of carbonyl (C=O) groups is 2. The fourth-order valence-corrected chi connectivity index (χ4v) is 2.18. The maximum absolute atomic E-state index is 12.4. The molecule has 0 saturated carbocycles. The lowest BCUT2D eigenvalue weighted by Gasteiger charge is -2.30. The molecule has 6 heteroatoms.